The van der Waals surface area contributed by atoms with Crippen LogP contribution in [0.25, 0.3) is 0 Å². The van der Waals surface area contributed by atoms with Gasteiger partial charge in [0.25, 0.3) is 5.91 Å². The first-order valence-corrected chi connectivity index (χ1v) is 5.99. The van der Waals surface area contributed by atoms with Gasteiger partial charge in [-0.05, 0) is 31.2 Å². The van der Waals surface area contributed by atoms with E-state index in [0.717, 1.165) is 6.07 Å². The van der Waals surface area contributed by atoms with Gasteiger partial charge in [-0.1, -0.05) is 23.2 Å². The highest BCUT2D eigenvalue weighted by Crippen LogP contribution is 2.16. The molecule has 0 aliphatic rings. The second kappa shape index (κ2) is 5.50. The normalized spacial score (nSPS) is 10.3. The molecule has 0 aliphatic carbocycles. The minimum absolute atomic E-state index is 0.0496. The van der Waals surface area contributed by atoms with Gasteiger partial charge in [-0.25, -0.2) is 14.4 Å². The fourth-order valence-corrected chi connectivity index (χ4v) is 1.75. The Labute approximate surface area is 118 Å². The number of rotatable bonds is 2. The first-order chi connectivity index (χ1) is 8.95. The number of anilines is 1. The number of aryl methyl sites for hydroxylation is 1. The minimum atomic E-state index is -0.669. The van der Waals surface area contributed by atoms with Crippen molar-refractivity contribution in [2.45, 2.75) is 6.92 Å². The lowest BCUT2D eigenvalue weighted by Gasteiger charge is -2.05. The summed E-state index contributed by atoms with van der Waals surface area (Å²) in [5, 5.41) is 2.59. The van der Waals surface area contributed by atoms with E-state index in [2.05, 4.69) is 15.3 Å². The van der Waals surface area contributed by atoms with Crippen LogP contribution in [-0.2, 0) is 0 Å². The molecular formula is C12H8Cl2FN3O. The quantitative estimate of drug-likeness (QED) is 0.864. The molecule has 0 fully saturated rings. The molecule has 0 unspecified atom stereocenters. The molecule has 2 rings (SSSR count). The second-order valence-corrected chi connectivity index (χ2v) is 4.53. The third kappa shape index (κ3) is 3.39. The molecule has 1 aromatic carbocycles. The van der Waals surface area contributed by atoms with E-state index in [1.807, 2.05) is 0 Å². The summed E-state index contributed by atoms with van der Waals surface area (Å²) in [5.74, 6) is -1.15. The molecule has 1 N–H and O–H groups in total. The van der Waals surface area contributed by atoms with Crippen LogP contribution in [0.4, 0.5) is 10.3 Å². The van der Waals surface area contributed by atoms with E-state index in [-0.39, 0.29) is 21.7 Å². The standard InChI is InChI=1S/C12H8Cl2FN3O/c1-6-4-10(14)17-12(16-6)18-11(19)7-2-3-8(13)9(15)5-7/h2-5H,1H3,(H,16,17,18,19). The van der Waals surface area contributed by atoms with Gasteiger partial charge < -0.3 is 0 Å². The van der Waals surface area contributed by atoms with E-state index >= 15 is 0 Å². The SMILES string of the molecule is Cc1cc(Cl)nc(NC(=O)c2ccc(Cl)c(F)c2)n1. The molecule has 0 radical (unpaired) electrons. The predicted octanol–water partition coefficient (Wildman–Crippen LogP) is 3.48. The molecule has 0 spiro atoms. The van der Waals surface area contributed by atoms with Crippen LogP contribution in [-0.4, -0.2) is 15.9 Å². The molecule has 1 amide bonds. The maximum atomic E-state index is 13.2. The molecule has 0 saturated carbocycles. The zero-order valence-corrected chi connectivity index (χ0v) is 11.3. The fraction of sp³-hybridized carbons (Fsp3) is 0.0833. The maximum absolute atomic E-state index is 13.2. The zero-order chi connectivity index (χ0) is 14.0. The number of aromatic nitrogens is 2. The monoisotopic (exact) mass is 299 g/mol. The Balaban J connectivity index is 2.22. The van der Waals surface area contributed by atoms with E-state index in [9.17, 15) is 9.18 Å². The molecule has 2 aromatic rings. The van der Waals surface area contributed by atoms with Gasteiger partial charge in [-0.2, -0.15) is 0 Å². The largest absolute Gasteiger partial charge is 0.290 e. The van der Waals surface area contributed by atoms with Crippen molar-refractivity contribution < 1.29 is 9.18 Å². The summed E-state index contributed by atoms with van der Waals surface area (Å²) in [6, 6.07) is 5.29. The Hall–Kier alpha value is -1.72. The molecule has 0 saturated heterocycles. The van der Waals surface area contributed by atoms with Crippen LogP contribution >= 0.6 is 23.2 Å². The number of benzene rings is 1. The van der Waals surface area contributed by atoms with Crippen molar-refractivity contribution in [3.8, 4) is 0 Å². The highest BCUT2D eigenvalue weighted by Gasteiger charge is 2.11. The number of hydrogen-bond acceptors (Lipinski definition) is 3. The Bertz CT molecular complexity index is 629. The smallest absolute Gasteiger partial charge is 0.258 e. The summed E-state index contributed by atoms with van der Waals surface area (Å²) in [6.07, 6.45) is 0. The number of carbonyl (C=O) groups excluding carboxylic acids is 1. The fourth-order valence-electron chi connectivity index (χ4n) is 1.40. The van der Waals surface area contributed by atoms with E-state index in [1.165, 1.54) is 12.1 Å². The highest BCUT2D eigenvalue weighted by molar-refractivity contribution is 6.31. The van der Waals surface area contributed by atoms with Crippen molar-refractivity contribution in [1.29, 1.82) is 0 Å². The lowest BCUT2D eigenvalue weighted by atomic mass is 10.2. The van der Waals surface area contributed by atoms with Gasteiger partial charge in [0.1, 0.15) is 11.0 Å². The Kier molecular flexibility index (Phi) is 3.97. The van der Waals surface area contributed by atoms with Crippen molar-refractivity contribution in [3.63, 3.8) is 0 Å². The van der Waals surface area contributed by atoms with Crippen molar-refractivity contribution in [2.24, 2.45) is 0 Å². The first-order valence-electron chi connectivity index (χ1n) is 5.23. The van der Waals surface area contributed by atoms with E-state index in [0.29, 0.717) is 5.69 Å². The van der Waals surface area contributed by atoms with Crippen LogP contribution < -0.4 is 5.32 Å². The van der Waals surface area contributed by atoms with Crippen LogP contribution in [0.5, 0.6) is 0 Å². The number of hydrogen-bond donors (Lipinski definition) is 1. The highest BCUT2D eigenvalue weighted by atomic mass is 35.5. The Morgan fingerprint density at radius 1 is 1.26 bits per heavy atom. The van der Waals surface area contributed by atoms with E-state index in [1.54, 1.807) is 13.0 Å². The topological polar surface area (TPSA) is 54.9 Å². The van der Waals surface area contributed by atoms with Gasteiger partial charge in [0.05, 0.1) is 5.02 Å². The summed E-state index contributed by atoms with van der Waals surface area (Å²) in [5.41, 5.74) is 0.723. The lowest BCUT2D eigenvalue weighted by molar-refractivity contribution is 0.102. The average molecular weight is 300 g/mol. The molecule has 7 heteroatoms. The van der Waals surface area contributed by atoms with Gasteiger partial charge in [-0.3, -0.25) is 10.1 Å². The van der Waals surface area contributed by atoms with Crippen molar-refractivity contribution >= 4 is 35.1 Å². The van der Waals surface area contributed by atoms with Gasteiger partial charge in [0.15, 0.2) is 0 Å². The number of nitrogens with one attached hydrogen (secondary N) is 1. The van der Waals surface area contributed by atoms with Crippen LogP contribution in [0, 0.1) is 12.7 Å². The van der Waals surface area contributed by atoms with E-state index in [4.69, 9.17) is 23.2 Å². The zero-order valence-electron chi connectivity index (χ0n) is 9.75. The molecule has 4 nitrogen and oxygen atoms in total. The number of amides is 1. The van der Waals surface area contributed by atoms with Crippen LogP contribution in [0.2, 0.25) is 10.2 Å². The molecule has 98 valence electrons. The molecule has 19 heavy (non-hydrogen) atoms. The number of halogens is 3. The first kappa shape index (κ1) is 13.7. The van der Waals surface area contributed by atoms with Crippen LogP contribution in [0.1, 0.15) is 16.1 Å². The third-order valence-corrected chi connectivity index (χ3v) is 2.73. The number of carbonyl (C=O) groups is 1. The summed E-state index contributed by atoms with van der Waals surface area (Å²) >= 11 is 11.3. The molecule has 1 heterocycles. The van der Waals surface area contributed by atoms with Crippen LogP contribution in [0.3, 0.4) is 0 Å². The van der Waals surface area contributed by atoms with Crippen molar-refractivity contribution in [2.75, 3.05) is 5.32 Å². The van der Waals surface area contributed by atoms with E-state index < -0.39 is 11.7 Å². The average Bonchev–Trinajstić information content (AvgIpc) is 2.31. The Morgan fingerprint density at radius 3 is 2.63 bits per heavy atom. The summed E-state index contributed by atoms with van der Waals surface area (Å²) in [7, 11) is 0. The third-order valence-electron chi connectivity index (χ3n) is 2.23. The lowest BCUT2D eigenvalue weighted by Crippen LogP contribution is -2.14. The molecule has 0 aliphatic heterocycles. The van der Waals surface area contributed by atoms with Crippen molar-refractivity contribution in [3.05, 3.63) is 51.5 Å². The van der Waals surface area contributed by atoms with Gasteiger partial charge in [0.2, 0.25) is 5.95 Å². The van der Waals surface area contributed by atoms with Gasteiger partial charge >= 0.3 is 0 Å². The molecule has 1 aromatic heterocycles. The van der Waals surface area contributed by atoms with Gasteiger partial charge in [-0.15, -0.1) is 0 Å². The number of nitrogens with zero attached hydrogens (tertiary/aromatic N) is 2. The van der Waals surface area contributed by atoms with Gasteiger partial charge in [0, 0.05) is 11.3 Å². The van der Waals surface area contributed by atoms with Crippen molar-refractivity contribution in [1.82, 2.24) is 9.97 Å². The predicted molar refractivity (Wildman–Crippen MR) is 71.1 cm³/mol. The Morgan fingerprint density at radius 2 is 2.00 bits per heavy atom. The second-order valence-electron chi connectivity index (χ2n) is 3.74. The minimum Gasteiger partial charge on any atom is -0.290 e. The molecule has 0 atom stereocenters. The molecular weight excluding hydrogens is 292 g/mol. The summed E-state index contributed by atoms with van der Waals surface area (Å²) in [6.45, 7) is 1.71. The molecule has 0 bridgehead atoms. The summed E-state index contributed by atoms with van der Waals surface area (Å²) in [4.78, 5) is 19.7. The maximum Gasteiger partial charge on any atom is 0.258 e. The van der Waals surface area contributed by atoms with Crippen LogP contribution in [0.15, 0.2) is 24.3 Å². The summed E-state index contributed by atoms with van der Waals surface area (Å²) < 4.78 is 13.2.